The molecule has 0 fully saturated rings. The summed E-state index contributed by atoms with van der Waals surface area (Å²) in [5, 5.41) is 0. The summed E-state index contributed by atoms with van der Waals surface area (Å²) >= 11 is 0. The van der Waals surface area contributed by atoms with E-state index in [1.54, 1.807) is 12.1 Å². The molecular formula is C16H20O6. The average Bonchev–Trinajstić information content (AvgIpc) is 2.48. The lowest BCUT2D eigenvalue weighted by Gasteiger charge is -2.07. The van der Waals surface area contributed by atoms with Crippen LogP contribution in [0.5, 0.6) is 5.75 Å². The van der Waals surface area contributed by atoms with Gasteiger partial charge in [-0.3, -0.25) is 4.79 Å². The highest BCUT2D eigenvalue weighted by Gasteiger charge is 2.13. The Morgan fingerprint density at radius 3 is 2.68 bits per heavy atom. The van der Waals surface area contributed by atoms with Crippen molar-refractivity contribution in [3.05, 3.63) is 33.9 Å². The molecule has 0 aliphatic carbocycles. The van der Waals surface area contributed by atoms with Gasteiger partial charge in [-0.15, -0.1) is 0 Å². The van der Waals surface area contributed by atoms with Crippen LogP contribution in [0.1, 0.15) is 43.9 Å². The summed E-state index contributed by atoms with van der Waals surface area (Å²) in [5.74, 6) is 0.197. The fourth-order valence-corrected chi connectivity index (χ4v) is 1.77. The lowest BCUT2D eigenvalue weighted by atomic mass is 10.2. The first-order valence-corrected chi connectivity index (χ1v) is 7.03. The van der Waals surface area contributed by atoms with Crippen LogP contribution in [-0.2, 0) is 20.9 Å². The third kappa shape index (κ3) is 5.95. The second kappa shape index (κ2) is 9.55. The van der Waals surface area contributed by atoms with E-state index in [1.807, 2.05) is 6.08 Å². The van der Waals surface area contributed by atoms with E-state index >= 15 is 0 Å². The molecule has 0 spiro atoms. The molecule has 0 amide bonds. The summed E-state index contributed by atoms with van der Waals surface area (Å²) < 4.78 is 15.1. The van der Waals surface area contributed by atoms with Crippen LogP contribution in [0.4, 0.5) is 0 Å². The SMILES string of the molecule is COc1cc(/C=C/CCCCC=O)oc(=O)c1COC(C)=O. The molecule has 1 aromatic rings. The Bertz CT molecular complexity index is 585. The minimum atomic E-state index is -0.596. The summed E-state index contributed by atoms with van der Waals surface area (Å²) in [5.41, 5.74) is -0.429. The molecule has 0 saturated carbocycles. The molecule has 0 unspecified atom stereocenters. The second-order valence-corrected chi connectivity index (χ2v) is 4.62. The predicted octanol–water partition coefficient (Wildman–Crippen LogP) is 2.48. The van der Waals surface area contributed by atoms with Gasteiger partial charge in [0, 0.05) is 19.4 Å². The Labute approximate surface area is 128 Å². The van der Waals surface area contributed by atoms with Crippen LogP contribution in [0.2, 0.25) is 0 Å². The fraction of sp³-hybridized carbons (Fsp3) is 0.438. The lowest BCUT2D eigenvalue weighted by molar-refractivity contribution is -0.142. The Hall–Kier alpha value is -2.37. The smallest absolute Gasteiger partial charge is 0.346 e. The minimum absolute atomic E-state index is 0.167. The number of rotatable bonds is 9. The highest BCUT2D eigenvalue weighted by atomic mass is 16.5. The maximum atomic E-state index is 11.9. The van der Waals surface area contributed by atoms with E-state index in [4.69, 9.17) is 13.9 Å². The van der Waals surface area contributed by atoms with Gasteiger partial charge in [0.15, 0.2) is 0 Å². The Morgan fingerprint density at radius 2 is 2.05 bits per heavy atom. The van der Waals surface area contributed by atoms with Gasteiger partial charge >= 0.3 is 11.6 Å². The van der Waals surface area contributed by atoms with E-state index < -0.39 is 11.6 Å². The molecule has 0 aromatic carbocycles. The maximum Gasteiger partial charge on any atom is 0.346 e. The van der Waals surface area contributed by atoms with Gasteiger partial charge in [0.05, 0.1) is 7.11 Å². The molecule has 120 valence electrons. The molecule has 0 saturated heterocycles. The molecule has 1 aromatic heterocycles. The Morgan fingerprint density at radius 1 is 1.32 bits per heavy atom. The van der Waals surface area contributed by atoms with Gasteiger partial charge in [-0.25, -0.2) is 4.79 Å². The molecule has 0 aliphatic heterocycles. The van der Waals surface area contributed by atoms with Crippen molar-refractivity contribution in [2.45, 2.75) is 39.2 Å². The van der Waals surface area contributed by atoms with E-state index in [2.05, 4.69) is 0 Å². The van der Waals surface area contributed by atoms with Crippen molar-refractivity contribution in [2.24, 2.45) is 0 Å². The summed E-state index contributed by atoms with van der Waals surface area (Å²) in [6, 6.07) is 1.57. The third-order valence-electron chi connectivity index (χ3n) is 2.89. The van der Waals surface area contributed by atoms with E-state index in [1.165, 1.54) is 14.0 Å². The minimum Gasteiger partial charge on any atom is -0.496 e. The van der Waals surface area contributed by atoms with Gasteiger partial charge in [0.2, 0.25) is 0 Å². The first-order valence-electron chi connectivity index (χ1n) is 7.03. The zero-order valence-electron chi connectivity index (χ0n) is 12.8. The number of allylic oxidation sites excluding steroid dienone is 1. The molecule has 0 atom stereocenters. The zero-order valence-corrected chi connectivity index (χ0v) is 12.8. The number of ether oxygens (including phenoxy) is 2. The van der Waals surface area contributed by atoms with Crippen molar-refractivity contribution in [3.8, 4) is 5.75 Å². The number of carbonyl (C=O) groups excluding carboxylic acids is 2. The van der Waals surface area contributed by atoms with E-state index in [0.29, 0.717) is 17.9 Å². The van der Waals surface area contributed by atoms with Crippen LogP contribution in [0.3, 0.4) is 0 Å². The zero-order chi connectivity index (χ0) is 16.4. The van der Waals surface area contributed by atoms with Crippen molar-refractivity contribution in [2.75, 3.05) is 7.11 Å². The summed E-state index contributed by atoms with van der Waals surface area (Å²) in [6.45, 7) is 1.08. The first-order chi connectivity index (χ1) is 10.6. The number of hydrogen-bond donors (Lipinski definition) is 0. The van der Waals surface area contributed by atoms with Crippen LogP contribution in [-0.4, -0.2) is 19.4 Å². The van der Waals surface area contributed by atoms with Crippen molar-refractivity contribution >= 4 is 18.3 Å². The van der Waals surface area contributed by atoms with Crippen molar-refractivity contribution in [1.29, 1.82) is 0 Å². The third-order valence-corrected chi connectivity index (χ3v) is 2.89. The van der Waals surface area contributed by atoms with Gasteiger partial charge in [0.1, 0.15) is 30.0 Å². The second-order valence-electron chi connectivity index (χ2n) is 4.62. The van der Waals surface area contributed by atoms with Gasteiger partial charge in [-0.1, -0.05) is 6.08 Å². The van der Waals surface area contributed by atoms with Crippen LogP contribution in [0, 0.1) is 0 Å². The van der Waals surface area contributed by atoms with Crippen molar-refractivity contribution in [1.82, 2.24) is 0 Å². The standard InChI is InChI=1S/C16H20O6/c1-12(18)21-11-14-15(20-2)10-13(22-16(14)19)8-6-4-3-5-7-9-17/h6,8-10H,3-5,7,11H2,1-2H3/b8-6+. The highest BCUT2D eigenvalue weighted by Crippen LogP contribution is 2.18. The number of methoxy groups -OCH3 is 1. The molecular weight excluding hydrogens is 288 g/mol. The lowest BCUT2D eigenvalue weighted by Crippen LogP contribution is -2.13. The van der Waals surface area contributed by atoms with Gasteiger partial charge in [-0.2, -0.15) is 0 Å². The van der Waals surface area contributed by atoms with Crippen LogP contribution in [0.25, 0.3) is 6.08 Å². The predicted molar refractivity (Wildman–Crippen MR) is 80.6 cm³/mol. The summed E-state index contributed by atoms with van der Waals surface area (Å²) in [4.78, 5) is 32.9. The normalized spacial score (nSPS) is 10.6. The molecule has 0 radical (unpaired) electrons. The summed E-state index contributed by atoms with van der Waals surface area (Å²) in [7, 11) is 1.43. The number of carbonyl (C=O) groups is 2. The Balaban J connectivity index is 2.75. The number of aldehydes is 1. The van der Waals surface area contributed by atoms with Gasteiger partial charge in [0.25, 0.3) is 0 Å². The number of hydrogen-bond acceptors (Lipinski definition) is 6. The number of unbranched alkanes of at least 4 members (excludes halogenated alkanes) is 3. The van der Waals surface area contributed by atoms with Crippen LogP contribution >= 0.6 is 0 Å². The molecule has 0 N–H and O–H groups in total. The van der Waals surface area contributed by atoms with E-state index in [0.717, 1.165) is 25.5 Å². The first kappa shape index (κ1) is 17.7. The molecule has 1 rings (SSSR count). The van der Waals surface area contributed by atoms with Crippen LogP contribution < -0.4 is 10.4 Å². The van der Waals surface area contributed by atoms with E-state index in [-0.39, 0.29) is 12.2 Å². The summed E-state index contributed by atoms with van der Waals surface area (Å²) in [6.07, 6.45) is 7.52. The van der Waals surface area contributed by atoms with Gasteiger partial charge in [-0.05, 0) is 25.3 Å². The molecule has 6 heteroatoms. The Kier molecular flexibility index (Phi) is 7.67. The average molecular weight is 308 g/mol. The quantitative estimate of drug-likeness (QED) is 0.396. The maximum absolute atomic E-state index is 11.9. The fourth-order valence-electron chi connectivity index (χ4n) is 1.77. The molecule has 22 heavy (non-hydrogen) atoms. The molecule has 0 aliphatic rings. The van der Waals surface area contributed by atoms with E-state index in [9.17, 15) is 14.4 Å². The van der Waals surface area contributed by atoms with Crippen molar-refractivity contribution < 1.29 is 23.5 Å². The molecule has 1 heterocycles. The van der Waals surface area contributed by atoms with Crippen LogP contribution in [0.15, 0.2) is 21.4 Å². The number of esters is 1. The monoisotopic (exact) mass is 308 g/mol. The largest absolute Gasteiger partial charge is 0.496 e. The van der Waals surface area contributed by atoms with Gasteiger partial charge < -0.3 is 18.7 Å². The van der Waals surface area contributed by atoms with Crippen molar-refractivity contribution in [3.63, 3.8) is 0 Å². The highest BCUT2D eigenvalue weighted by molar-refractivity contribution is 5.66. The molecule has 6 nitrogen and oxygen atoms in total. The molecule has 0 bridgehead atoms. The topological polar surface area (TPSA) is 82.8 Å².